The highest BCUT2D eigenvalue weighted by Crippen LogP contribution is 2.27. The van der Waals surface area contributed by atoms with Crippen LogP contribution in [0.4, 0.5) is 4.39 Å². The number of benzene rings is 1. The molecule has 3 heteroatoms. The van der Waals surface area contributed by atoms with Gasteiger partial charge in [-0.05, 0) is 37.1 Å². The maximum Gasteiger partial charge on any atom is 0.140 e. The van der Waals surface area contributed by atoms with Crippen molar-refractivity contribution in [3.8, 4) is 0 Å². The van der Waals surface area contributed by atoms with Gasteiger partial charge in [0, 0.05) is 11.1 Å². The molecular weight excluding hydrogens is 225 g/mol. The Labute approximate surface area is 101 Å². The highest BCUT2D eigenvalue weighted by Gasteiger charge is 2.23. The van der Waals surface area contributed by atoms with Crippen LogP contribution in [-0.2, 0) is 0 Å². The van der Waals surface area contributed by atoms with E-state index in [1.807, 2.05) is 6.07 Å². The molecule has 2 atom stereocenters. The quantitative estimate of drug-likeness (QED) is 0.829. The molecule has 1 aliphatic heterocycles. The lowest BCUT2D eigenvalue weighted by molar-refractivity contribution is 0.249. The second-order valence-electron chi connectivity index (χ2n) is 4.37. The molecule has 88 valence electrons. The van der Waals surface area contributed by atoms with Crippen LogP contribution in [0.5, 0.6) is 0 Å². The molecule has 0 amide bonds. The van der Waals surface area contributed by atoms with Crippen LogP contribution in [-0.4, -0.2) is 12.6 Å². The normalized spacial score (nSPS) is 23.8. The monoisotopic (exact) mass is 241 g/mol. The summed E-state index contributed by atoms with van der Waals surface area (Å²) in [6, 6.07) is 7.06. The van der Waals surface area contributed by atoms with E-state index in [-0.39, 0.29) is 6.04 Å². The second kappa shape index (κ2) is 5.65. The average Bonchev–Trinajstić information content (AvgIpc) is 2.56. The topological polar surface area (TPSA) is 12.0 Å². The van der Waals surface area contributed by atoms with E-state index < -0.39 is 6.17 Å². The molecule has 1 heterocycles. The van der Waals surface area contributed by atoms with E-state index in [1.165, 1.54) is 6.42 Å². The highest BCUT2D eigenvalue weighted by molar-refractivity contribution is 6.30. The Kier molecular flexibility index (Phi) is 4.19. The van der Waals surface area contributed by atoms with E-state index in [9.17, 15) is 4.39 Å². The van der Waals surface area contributed by atoms with E-state index >= 15 is 0 Å². The lowest BCUT2D eigenvalue weighted by atomic mass is 10.00. The molecule has 0 radical (unpaired) electrons. The van der Waals surface area contributed by atoms with Crippen LogP contribution >= 0.6 is 11.6 Å². The third-order valence-electron chi connectivity index (χ3n) is 3.12. The van der Waals surface area contributed by atoms with Crippen molar-refractivity contribution in [3.05, 3.63) is 34.9 Å². The summed E-state index contributed by atoms with van der Waals surface area (Å²) in [7, 11) is 0. The van der Waals surface area contributed by atoms with Gasteiger partial charge in [0.2, 0.25) is 0 Å². The Balaban J connectivity index is 2.07. The summed E-state index contributed by atoms with van der Waals surface area (Å²) >= 11 is 5.87. The molecule has 1 N–H and O–H groups in total. The predicted molar refractivity (Wildman–Crippen MR) is 65.6 cm³/mol. The molecular formula is C13H17ClFN. The van der Waals surface area contributed by atoms with Crippen LogP contribution in [0.2, 0.25) is 5.02 Å². The van der Waals surface area contributed by atoms with Crippen molar-refractivity contribution < 1.29 is 4.39 Å². The van der Waals surface area contributed by atoms with Gasteiger partial charge in [0.05, 0.1) is 0 Å². The molecule has 2 rings (SSSR count). The molecule has 2 unspecified atom stereocenters. The summed E-state index contributed by atoms with van der Waals surface area (Å²) in [6.45, 7) is 0.922. The van der Waals surface area contributed by atoms with Crippen molar-refractivity contribution >= 4 is 11.6 Å². The van der Waals surface area contributed by atoms with Crippen LogP contribution in [0.15, 0.2) is 24.3 Å². The molecule has 1 aliphatic rings. The van der Waals surface area contributed by atoms with Gasteiger partial charge in [0.1, 0.15) is 6.17 Å². The number of alkyl halides is 1. The molecule has 1 aromatic rings. The van der Waals surface area contributed by atoms with Crippen molar-refractivity contribution in [2.75, 3.05) is 6.54 Å². The smallest absolute Gasteiger partial charge is 0.140 e. The van der Waals surface area contributed by atoms with Crippen molar-refractivity contribution in [1.82, 2.24) is 5.32 Å². The summed E-state index contributed by atoms with van der Waals surface area (Å²) < 4.78 is 14.3. The van der Waals surface area contributed by atoms with Crippen LogP contribution in [0.1, 0.15) is 37.4 Å². The molecule has 0 aromatic heterocycles. The number of hydrogen-bond donors (Lipinski definition) is 1. The van der Waals surface area contributed by atoms with Gasteiger partial charge in [-0.15, -0.1) is 0 Å². The maximum absolute atomic E-state index is 14.3. The molecule has 0 aliphatic carbocycles. The van der Waals surface area contributed by atoms with Gasteiger partial charge in [-0.1, -0.05) is 36.6 Å². The Hall–Kier alpha value is -0.600. The SMILES string of the molecule is FC(c1cccc(Cl)c1)C1CCCCCN1. The predicted octanol–water partition coefficient (Wildman–Crippen LogP) is 3.88. The molecule has 1 aromatic carbocycles. The molecule has 1 saturated heterocycles. The first kappa shape index (κ1) is 11.9. The fourth-order valence-corrected chi connectivity index (χ4v) is 2.41. The van der Waals surface area contributed by atoms with E-state index in [0.717, 1.165) is 25.8 Å². The van der Waals surface area contributed by atoms with Crippen LogP contribution in [0, 0.1) is 0 Å². The van der Waals surface area contributed by atoms with Gasteiger partial charge in [-0.25, -0.2) is 4.39 Å². The van der Waals surface area contributed by atoms with Gasteiger partial charge in [-0.3, -0.25) is 0 Å². The van der Waals surface area contributed by atoms with Crippen LogP contribution < -0.4 is 5.32 Å². The third-order valence-corrected chi connectivity index (χ3v) is 3.35. The minimum absolute atomic E-state index is 0.0547. The fourth-order valence-electron chi connectivity index (χ4n) is 2.22. The number of hydrogen-bond acceptors (Lipinski definition) is 1. The zero-order valence-electron chi connectivity index (χ0n) is 9.26. The van der Waals surface area contributed by atoms with Gasteiger partial charge < -0.3 is 5.32 Å². The largest absolute Gasteiger partial charge is 0.311 e. The molecule has 1 nitrogen and oxygen atoms in total. The molecule has 0 saturated carbocycles. The maximum atomic E-state index is 14.3. The lowest BCUT2D eigenvalue weighted by Crippen LogP contribution is -2.32. The minimum Gasteiger partial charge on any atom is -0.311 e. The zero-order valence-corrected chi connectivity index (χ0v) is 10.0. The Morgan fingerprint density at radius 3 is 3.00 bits per heavy atom. The minimum atomic E-state index is -0.947. The number of rotatable bonds is 2. The summed E-state index contributed by atoms with van der Waals surface area (Å²) in [6.07, 6.45) is 3.42. The second-order valence-corrected chi connectivity index (χ2v) is 4.80. The Morgan fingerprint density at radius 2 is 2.19 bits per heavy atom. The number of nitrogens with one attached hydrogen (secondary N) is 1. The third kappa shape index (κ3) is 2.96. The van der Waals surface area contributed by atoms with Crippen molar-refractivity contribution in [3.63, 3.8) is 0 Å². The highest BCUT2D eigenvalue weighted by atomic mass is 35.5. The first-order valence-electron chi connectivity index (χ1n) is 5.90. The van der Waals surface area contributed by atoms with Gasteiger partial charge in [0.15, 0.2) is 0 Å². The Morgan fingerprint density at radius 1 is 1.31 bits per heavy atom. The summed E-state index contributed by atoms with van der Waals surface area (Å²) in [4.78, 5) is 0. The lowest BCUT2D eigenvalue weighted by Gasteiger charge is -2.20. The fraction of sp³-hybridized carbons (Fsp3) is 0.538. The zero-order chi connectivity index (χ0) is 11.4. The first-order chi connectivity index (χ1) is 7.77. The van der Waals surface area contributed by atoms with Crippen molar-refractivity contribution in [2.24, 2.45) is 0 Å². The molecule has 1 fully saturated rings. The van der Waals surface area contributed by atoms with E-state index in [2.05, 4.69) is 5.32 Å². The molecule has 0 bridgehead atoms. The Bertz CT molecular complexity index is 334. The average molecular weight is 242 g/mol. The number of halogens is 2. The van der Waals surface area contributed by atoms with E-state index in [1.54, 1.807) is 18.2 Å². The van der Waals surface area contributed by atoms with Crippen LogP contribution in [0.25, 0.3) is 0 Å². The van der Waals surface area contributed by atoms with Gasteiger partial charge in [-0.2, -0.15) is 0 Å². The molecule has 16 heavy (non-hydrogen) atoms. The van der Waals surface area contributed by atoms with E-state index in [0.29, 0.717) is 10.6 Å². The van der Waals surface area contributed by atoms with Gasteiger partial charge in [0.25, 0.3) is 0 Å². The summed E-state index contributed by atoms with van der Waals surface area (Å²) in [5.74, 6) is 0. The summed E-state index contributed by atoms with van der Waals surface area (Å²) in [5.41, 5.74) is 0.687. The summed E-state index contributed by atoms with van der Waals surface area (Å²) in [5, 5.41) is 3.89. The van der Waals surface area contributed by atoms with Crippen molar-refractivity contribution in [1.29, 1.82) is 0 Å². The first-order valence-corrected chi connectivity index (χ1v) is 6.28. The molecule has 0 spiro atoms. The standard InChI is InChI=1S/C13H17ClFN/c14-11-6-4-5-10(9-11)13(15)12-7-2-1-3-8-16-12/h4-6,9,12-13,16H,1-3,7-8H2. The van der Waals surface area contributed by atoms with Gasteiger partial charge >= 0.3 is 0 Å². The van der Waals surface area contributed by atoms with Crippen molar-refractivity contribution in [2.45, 2.75) is 37.9 Å². The van der Waals surface area contributed by atoms with Crippen LogP contribution in [0.3, 0.4) is 0 Å². The van der Waals surface area contributed by atoms with E-state index in [4.69, 9.17) is 11.6 Å².